The normalized spacial score (nSPS) is 23.9. The van der Waals surface area contributed by atoms with Crippen LogP contribution in [0.25, 0.3) is 0 Å². The minimum absolute atomic E-state index is 0.109. The molecule has 2 fully saturated rings. The van der Waals surface area contributed by atoms with Crippen LogP contribution < -0.4 is 5.32 Å². The highest BCUT2D eigenvalue weighted by atomic mass is 16.5. The number of aromatic nitrogens is 1. The van der Waals surface area contributed by atoms with Crippen molar-refractivity contribution in [2.75, 3.05) is 19.7 Å². The van der Waals surface area contributed by atoms with Crippen LogP contribution in [0.4, 0.5) is 0 Å². The maximum absolute atomic E-state index is 6.35. The van der Waals surface area contributed by atoms with E-state index in [-0.39, 0.29) is 11.0 Å². The average Bonchev–Trinajstić information content (AvgIpc) is 3.17. The molecule has 1 saturated carbocycles. The molecule has 1 saturated heterocycles. The smallest absolute Gasteiger partial charge is 0.0691 e. The molecule has 1 atom stereocenters. The molecule has 3 heteroatoms. The Morgan fingerprint density at radius 1 is 1.00 bits per heavy atom. The molecular weight excluding hydrogens is 344 g/mol. The highest BCUT2D eigenvalue weighted by Gasteiger charge is 2.48. The second-order valence-electron chi connectivity index (χ2n) is 8.90. The molecule has 2 heterocycles. The fourth-order valence-corrected chi connectivity index (χ4v) is 5.24. The predicted molar refractivity (Wildman–Crippen MR) is 115 cm³/mol. The summed E-state index contributed by atoms with van der Waals surface area (Å²) in [5, 5.41) is 3.70. The Hall–Kier alpha value is -1.71. The first-order chi connectivity index (χ1) is 13.7. The van der Waals surface area contributed by atoms with Crippen molar-refractivity contribution in [1.82, 2.24) is 10.3 Å². The molecule has 1 spiro atoms. The molecule has 0 bridgehead atoms. The van der Waals surface area contributed by atoms with E-state index in [9.17, 15) is 0 Å². The van der Waals surface area contributed by atoms with Crippen LogP contribution in [0.5, 0.6) is 0 Å². The lowest BCUT2D eigenvalue weighted by atomic mass is 9.68. The number of nitrogens with one attached hydrogen (secondary N) is 1. The number of hydrogen-bond donors (Lipinski definition) is 1. The number of hydrogen-bond acceptors (Lipinski definition) is 3. The molecule has 0 amide bonds. The van der Waals surface area contributed by atoms with E-state index in [4.69, 9.17) is 9.72 Å². The third-order valence-corrected chi connectivity index (χ3v) is 6.86. The van der Waals surface area contributed by atoms with E-state index in [1.165, 1.54) is 42.5 Å². The van der Waals surface area contributed by atoms with E-state index in [1.54, 1.807) is 0 Å². The van der Waals surface area contributed by atoms with Gasteiger partial charge >= 0.3 is 0 Å². The van der Waals surface area contributed by atoms with Crippen molar-refractivity contribution in [1.29, 1.82) is 0 Å². The Morgan fingerprint density at radius 2 is 1.82 bits per heavy atom. The summed E-state index contributed by atoms with van der Waals surface area (Å²) in [6.45, 7) is 5.09. The van der Waals surface area contributed by atoms with Crippen LogP contribution in [0.3, 0.4) is 0 Å². The van der Waals surface area contributed by atoms with E-state index in [0.717, 1.165) is 45.4 Å². The fourth-order valence-electron chi connectivity index (χ4n) is 5.24. The Kier molecular flexibility index (Phi) is 6.13. The third kappa shape index (κ3) is 4.47. The molecule has 1 aromatic heterocycles. The number of benzene rings is 1. The van der Waals surface area contributed by atoms with Gasteiger partial charge in [0.25, 0.3) is 0 Å². The maximum Gasteiger partial charge on any atom is 0.0691 e. The second kappa shape index (κ2) is 8.75. The lowest BCUT2D eigenvalue weighted by Gasteiger charge is -2.46. The first-order valence-corrected chi connectivity index (χ1v) is 11.0. The molecule has 1 aromatic carbocycles. The van der Waals surface area contributed by atoms with Gasteiger partial charge in [-0.15, -0.1) is 0 Å². The lowest BCUT2D eigenvalue weighted by Crippen LogP contribution is -2.47. The van der Waals surface area contributed by atoms with Crippen molar-refractivity contribution in [3.8, 4) is 0 Å². The van der Waals surface area contributed by atoms with E-state index in [0.29, 0.717) is 0 Å². The largest absolute Gasteiger partial charge is 0.375 e. The Bertz CT molecular complexity index is 737. The summed E-state index contributed by atoms with van der Waals surface area (Å²) in [4.78, 5) is 4.80. The molecular formula is C25H34N2O. The van der Waals surface area contributed by atoms with Crippen LogP contribution in [0, 0.1) is 6.92 Å². The summed E-state index contributed by atoms with van der Waals surface area (Å²) in [5.74, 6) is 0. The summed E-state index contributed by atoms with van der Waals surface area (Å²) in [6, 6.07) is 15.3. The van der Waals surface area contributed by atoms with E-state index < -0.39 is 0 Å². The summed E-state index contributed by atoms with van der Waals surface area (Å²) < 4.78 is 6.35. The molecule has 150 valence electrons. The van der Waals surface area contributed by atoms with Crippen LogP contribution in [0.2, 0.25) is 0 Å². The SMILES string of the molecule is Cc1ccc(CCNCC[C@]2(c3ccccn3)CCOC3(CCCC3)C2)cc1. The topological polar surface area (TPSA) is 34.2 Å². The van der Waals surface area contributed by atoms with Crippen LogP contribution in [-0.4, -0.2) is 30.3 Å². The van der Waals surface area contributed by atoms with Gasteiger partial charge in [0.2, 0.25) is 0 Å². The Morgan fingerprint density at radius 3 is 2.57 bits per heavy atom. The van der Waals surface area contributed by atoms with Gasteiger partial charge in [0.1, 0.15) is 0 Å². The first kappa shape index (κ1) is 19.6. The van der Waals surface area contributed by atoms with E-state index >= 15 is 0 Å². The van der Waals surface area contributed by atoms with Gasteiger partial charge in [-0.1, -0.05) is 48.7 Å². The maximum atomic E-state index is 6.35. The van der Waals surface area contributed by atoms with Crippen molar-refractivity contribution in [3.63, 3.8) is 0 Å². The zero-order valence-electron chi connectivity index (χ0n) is 17.3. The van der Waals surface area contributed by atoms with Crippen LogP contribution in [-0.2, 0) is 16.6 Å². The summed E-state index contributed by atoms with van der Waals surface area (Å²) in [5.41, 5.74) is 4.27. The molecule has 1 aliphatic carbocycles. The van der Waals surface area contributed by atoms with Gasteiger partial charge in [0, 0.05) is 23.9 Å². The molecule has 1 N–H and O–H groups in total. The fraction of sp³-hybridized carbons (Fsp3) is 0.560. The minimum Gasteiger partial charge on any atom is -0.375 e. The van der Waals surface area contributed by atoms with Gasteiger partial charge in [-0.05, 0) is 76.2 Å². The summed E-state index contributed by atoms with van der Waals surface area (Å²) in [6.07, 6.45) is 11.5. The van der Waals surface area contributed by atoms with Crippen molar-refractivity contribution in [3.05, 3.63) is 65.5 Å². The lowest BCUT2D eigenvalue weighted by molar-refractivity contribution is -0.104. The zero-order chi connectivity index (χ0) is 19.3. The van der Waals surface area contributed by atoms with Crippen LogP contribution >= 0.6 is 0 Å². The highest BCUT2D eigenvalue weighted by Crippen LogP contribution is 2.49. The quantitative estimate of drug-likeness (QED) is 0.691. The molecule has 1 aliphatic heterocycles. The number of rotatable bonds is 7. The first-order valence-electron chi connectivity index (χ1n) is 11.0. The van der Waals surface area contributed by atoms with Gasteiger partial charge < -0.3 is 10.1 Å². The predicted octanol–water partition coefficient (Wildman–Crippen LogP) is 4.97. The summed E-state index contributed by atoms with van der Waals surface area (Å²) >= 11 is 0. The minimum atomic E-state index is 0.109. The van der Waals surface area contributed by atoms with Gasteiger partial charge in [0.05, 0.1) is 5.60 Å². The van der Waals surface area contributed by atoms with E-state index in [1.807, 2.05) is 12.3 Å². The van der Waals surface area contributed by atoms with Gasteiger partial charge in [0.15, 0.2) is 0 Å². The van der Waals surface area contributed by atoms with Gasteiger partial charge in [-0.25, -0.2) is 0 Å². The molecule has 0 unspecified atom stereocenters. The van der Waals surface area contributed by atoms with Gasteiger partial charge in [-0.2, -0.15) is 0 Å². The molecule has 2 aromatic rings. The van der Waals surface area contributed by atoms with Crippen molar-refractivity contribution >= 4 is 0 Å². The standard InChI is InChI=1S/C25H34N2O/c1-21-7-9-22(10-8-21)11-17-26-18-14-24(23-6-2-5-16-27-23)15-19-28-25(20-24)12-3-4-13-25/h2,5-10,16,26H,3-4,11-15,17-20H2,1H3/t24-/m0/s1. The molecule has 4 rings (SSSR count). The summed E-state index contributed by atoms with van der Waals surface area (Å²) in [7, 11) is 0. The van der Waals surface area contributed by atoms with Crippen molar-refractivity contribution in [2.45, 2.75) is 69.3 Å². The van der Waals surface area contributed by atoms with Crippen molar-refractivity contribution < 1.29 is 4.74 Å². The van der Waals surface area contributed by atoms with Gasteiger partial charge in [-0.3, -0.25) is 4.98 Å². The van der Waals surface area contributed by atoms with Crippen LogP contribution in [0.1, 0.15) is 61.8 Å². The second-order valence-corrected chi connectivity index (χ2v) is 8.90. The third-order valence-electron chi connectivity index (χ3n) is 6.86. The number of aryl methyl sites for hydroxylation is 1. The molecule has 28 heavy (non-hydrogen) atoms. The average molecular weight is 379 g/mol. The number of nitrogens with zero attached hydrogens (tertiary/aromatic N) is 1. The number of pyridine rings is 1. The molecule has 2 aliphatic rings. The highest BCUT2D eigenvalue weighted by molar-refractivity contribution is 5.22. The zero-order valence-corrected chi connectivity index (χ0v) is 17.3. The molecule has 3 nitrogen and oxygen atoms in total. The van der Waals surface area contributed by atoms with E-state index in [2.05, 4.69) is 48.6 Å². The van der Waals surface area contributed by atoms with Crippen LogP contribution in [0.15, 0.2) is 48.7 Å². The Labute approximate surface area is 169 Å². The molecule has 0 radical (unpaired) electrons. The Balaban J connectivity index is 1.38. The monoisotopic (exact) mass is 378 g/mol. The number of ether oxygens (including phenoxy) is 1. The van der Waals surface area contributed by atoms with Crippen molar-refractivity contribution in [2.24, 2.45) is 0 Å².